The normalized spacial score (nSPS) is 15.1. The number of halogens is 1. The molecule has 11 heteroatoms. The molecule has 9 nitrogen and oxygen atoms in total. The van der Waals surface area contributed by atoms with Crippen LogP contribution >= 0.6 is 0 Å². The minimum atomic E-state index is -1.31. The molecule has 1 atom stereocenters. The fraction of sp³-hybridized carbons (Fsp3) is 0.483. The highest BCUT2D eigenvalue weighted by Crippen LogP contribution is 2.31. The fourth-order valence-electron chi connectivity index (χ4n) is 4.82. The van der Waals surface area contributed by atoms with Gasteiger partial charge in [0.05, 0.1) is 5.39 Å². The molecule has 1 aliphatic carbocycles. The monoisotopic (exact) mass is 570 g/mol. The minimum absolute atomic E-state index is 0.0160. The highest BCUT2D eigenvalue weighted by atomic mass is 28.3. The number of carbonyl (C=O) groups is 2. The first kappa shape index (κ1) is 29.5. The number of rotatable bonds is 12. The van der Waals surface area contributed by atoms with Crippen molar-refractivity contribution in [2.45, 2.75) is 83.0 Å². The van der Waals surface area contributed by atoms with Crippen LogP contribution in [0.25, 0.3) is 11.0 Å². The van der Waals surface area contributed by atoms with Gasteiger partial charge in [0.2, 0.25) is 5.91 Å². The van der Waals surface area contributed by atoms with Crippen LogP contribution in [-0.4, -0.2) is 53.4 Å². The summed E-state index contributed by atoms with van der Waals surface area (Å²) in [7, 11) is -1.18. The van der Waals surface area contributed by atoms with Crippen molar-refractivity contribution in [1.82, 2.24) is 20.2 Å². The van der Waals surface area contributed by atoms with Crippen LogP contribution in [0.5, 0.6) is 11.5 Å². The molecule has 0 saturated heterocycles. The Morgan fingerprint density at radius 1 is 1.15 bits per heavy atom. The lowest BCUT2D eigenvalue weighted by Crippen LogP contribution is -2.50. The number of fused-ring (bicyclic) bond motifs is 1. The van der Waals surface area contributed by atoms with Crippen molar-refractivity contribution in [3.8, 4) is 11.5 Å². The van der Waals surface area contributed by atoms with Crippen LogP contribution < -0.4 is 15.4 Å². The molecular formula is C29H39FN4O5Si. The van der Waals surface area contributed by atoms with E-state index in [1.165, 1.54) is 12.1 Å². The van der Waals surface area contributed by atoms with Crippen molar-refractivity contribution in [2.75, 3.05) is 6.61 Å². The summed E-state index contributed by atoms with van der Waals surface area (Å²) in [4.78, 5) is 28.6. The molecule has 0 radical (unpaired) electrons. The van der Waals surface area contributed by atoms with E-state index in [2.05, 4.69) is 35.3 Å². The second-order valence-corrected chi connectivity index (χ2v) is 17.2. The van der Waals surface area contributed by atoms with Crippen molar-refractivity contribution in [1.29, 1.82) is 0 Å². The summed E-state index contributed by atoms with van der Waals surface area (Å²) in [5.41, 5.74) is 1.15. The molecule has 0 spiro atoms. The van der Waals surface area contributed by atoms with Crippen LogP contribution in [0.2, 0.25) is 25.7 Å². The highest BCUT2D eigenvalue weighted by Gasteiger charge is 2.25. The molecule has 0 aliphatic heterocycles. The Morgan fingerprint density at radius 3 is 2.62 bits per heavy atom. The molecule has 1 saturated carbocycles. The zero-order chi connectivity index (χ0) is 28.7. The molecule has 0 bridgehead atoms. The van der Waals surface area contributed by atoms with Gasteiger partial charge in [-0.1, -0.05) is 45.0 Å². The van der Waals surface area contributed by atoms with Gasteiger partial charge >= 0.3 is 6.09 Å². The summed E-state index contributed by atoms with van der Waals surface area (Å²) in [6, 6.07) is 8.02. The Kier molecular flexibility index (Phi) is 9.80. The molecule has 1 fully saturated rings. The van der Waals surface area contributed by atoms with Crippen molar-refractivity contribution in [3.63, 3.8) is 0 Å². The zero-order valence-corrected chi connectivity index (χ0v) is 24.4. The van der Waals surface area contributed by atoms with Crippen LogP contribution in [0.3, 0.4) is 0 Å². The van der Waals surface area contributed by atoms with Crippen molar-refractivity contribution < 1.29 is 28.6 Å². The van der Waals surface area contributed by atoms with E-state index < -0.39 is 31.9 Å². The predicted octanol–water partition coefficient (Wildman–Crippen LogP) is 5.91. The molecule has 3 aromatic rings. The number of ether oxygens (including phenoxy) is 2. The molecule has 216 valence electrons. The third-order valence-corrected chi connectivity index (χ3v) is 8.77. The number of hydrogen-bond donors (Lipinski definition) is 3. The second kappa shape index (κ2) is 13.3. The van der Waals surface area contributed by atoms with Crippen LogP contribution in [0.15, 0.2) is 42.7 Å². The molecule has 1 aromatic carbocycles. The van der Waals surface area contributed by atoms with Gasteiger partial charge in [-0.05, 0) is 48.7 Å². The molecular weight excluding hydrogens is 531 g/mol. The number of nitrogens with one attached hydrogen (secondary N) is 2. The van der Waals surface area contributed by atoms with Crippen LogP contribution in [0.4, 0.5) is 9.18 Å². The van der Waals surface area contributed by atoms with E-state index in [1.807, 2.05) is 16.8 Å². The van der Waals surface area contributed by atoms with E-state index in [0.29, 0.717) is 30.3 Å². The van der Waals surface area contributed by atoms with E-state index >= 15 is 4.39 Å². The summed E-state index contributed by atoms with van der Waals surface area (Å²) in [6.07, 6.45) is 7.16. The van der Waals surface area contributed by atoms with Gasteiger partial charge in [0.1, 0.15) is 24.2 Å². The quantitative estimate of drug-likeness (QED) is 0.184. The fourth-order valence-corrected chi connectivity index (χ4v) is 5.57. The summed E-state index contributed by atoms with van der Waals surface area (Å²) in [6.45, 7) is 7.97. The van der Waals surface area contributed by atoms with Gasteiger partial charge in [-0.2, -0.15) is 0 Å². The summed E-state index contributed by atoms with van der Waals surface area (Å²) in [5.74, 6) is -0.541. The Hall–Kier alpha value is -3.44. The number of carboxylic acid groups (broad SMARTS) is 1. The average molecular weight is 571 g/mol. The number of hydrogen-bond acceptors (Lipinski definition) is 5. The lowest BCUT2D eigenvalue weighted by Gasteiger charge is -2.25. The van der Waals surface area contributed by atoms with E-state index in [4.69, 9.17) is 9.47 Å². The van der Waals surface area contributed by atoms with Crippen LogP contribution in [0, 0.1) is 5.82 Å². The second-order valence-electron chi connectivity index (χ2n) is 11.6. The first-order valence-electron chi connectivity index (χ1n) is 13.9. The van der Waals surface area contributed by atoms with Gasteiger partial charge in [0.15, 0.2) is 11.6 Å². The molecule has 40 heavy (non-hydrogen) atoms. The maximum absolute atomic E-state index is 15.1. The average Bonchev–Trinajstić information content (AvgIpc) is 3.31. The Bertz CT molecular complexity index is 1320. The molecule has 2 amide bonds. The van der Waals surface area contributed by atoms with Gasteiger partial charge in [-0.25, -0.2) is 14.2 Å². The van der Waals surface area contributed by atoms with Gasteiger partial charge in [-0.15, -0.1) is 0 Å². The maximum atomic E-state index is 15.1. The van der Waals surface area contributed by atoms with Crippen molar-refractivity contribution in [2.24, 2.45) is 0 Å². The van der Waals surface area contributed by atoms with E-state index in [0.717, 1.165) is 43.5 Å². The van der Waals surface area contributed by atoms with Crippen LogP contribution in [0.1, 0.15) is 37.7 Å². The number of carbonyl (C=O) groups excluding carboxylic acids is 1. The summed E-state index contributed by atoms with van der Waals surface area (Å²) < 4.78 is 28.8. The SMILES string of the molecule is C[Si](C)(C)CCOCn1ccc2c(Oc3ccc(CC(NC(=O)O)C(=O)NC4CCCCC4)cc3F)ccnc21. The highest BCUT2D eigenvalue weighted by molar-refractivity contribution is 6.76. The van der Waals surface area contributed by atoms with Gasteiger partial charge in [0, 0.05) is 39.5 Å². The van der Waals surface area contributed by atoms with E-state index in [9.17, 15) is 14.7 Å². The third-order valence-electron chi connectivity index (χ3n) is 7.07. The standard InChI is InChI=1S/C29H39FN4O5Si/c1-40(2,3)16-15-38-19-34-14-12-22-25(11-13-31-27(22)34)39-26-10-9-20(17-23(26)30)18-24(33-29(36)37)28(35)32-21-7-5-4-6-8-21/h9-14,17,21,24,33H,4-8,15-16,18-19H2,1-3H3,(H,32,35)(H,36,37). The maximum Gasteiger partial charge on any atom is 0.405 e. The summed E-state index contributed by atoms with van der Waals surface area (Å²) >= 11 is 0. The predicted molar refractivity (Wildman–Crippen MR) is 154 cm³/mol. The molecule has 4 rings (SSSR count). The third kappa shape index (κ3) is 8.28. The zero-order valence-electron chi connectivity index (χ0n) is 23.4. The van der Waals surface area contributed by atoms with Gasteiger partial charge in [-0.3, -0.25) is 4.79 Å². The Labute approximate surface area is 235 Å². The number of benzene rings is 1. The molecule has 3 N–H and O–H groups in total. The molecule has 2 heterocycles. The smallest absolute Gasteiger partial charge is 0.405 e. The topological polar surface area (TPSA) is 115 Å². The number of amides is 2. The first-order chi connectivity index (χ1) is 19.1. The van der Waals surface area contributed by atoms with Crippen molar-refractivity contribution in [3.05, 3.63) is 54.1 Å². The van der Waals surface area contributed by atoms with E-state index in [1.54, 1.807) is 18.3 Å². The van der Waals surface area contributed by atoms with Crippen molar-refractivity contribution >= 4 is 31.1 Å². The number of nitrogens with zero attached hydrogens (tertiary/aromatic N) is 2. The van der Waals surface area contributed by atoms with E-state index in [-0.39, 0.29) is 18.2 Å². The molecule has 1 aliphatic rings. The Morgan fingerprint density at radius 2 is 1.93 bits per heavy atom. The first-order valence-corrected chi connectivity index (χ1v) is 17.6. The van der Waals surface area contributed by atoms with Gasteiger partial charge in [0.25, 0.3) is 0 Å². The lowest BCUT2D eigenvalue weighted by molar-refractivity contribution is -0.123. The van der Waals surface area contributed by atoms with Crippen LogP contribution in [-0.2, 0) is 22.7 Å². The Balaban J connectivity index is 1.42. The van der Waals surface area contributed by atoms with Gasteiger partial charge < -0.3 is 29.8 Å². The minimum Gasteiger partial charge on any atom is -0.465 e. The number of pyridine rings is 1. The summed E-state index contributed by atoms with van der Waals surface area (Å²) in [5, 5.41) is 15.2. The molecule has 1 unspecified atom stereocenters. The lowest BCUT2D eigenvalue weighted by atomic mass is 9.95. The largest absolute Gasteiger partial charge is 0.465 e. The number of aromatic nitrogens is 2. The molecule has 2 aromatic heterocycles.